The number of carbonyl (C=O) groups excluding carboxylic acids is 2. The molecule has 3 aromatic rings. The topological polar surface area (TPSA) is 53.2 Å². The van der Waals surface area contributed by atoms with Crippen LogP contribution in [0.1, 0.15) is 11.1 Å². The van der Waals surface area contributed by atoms with E-state index in [2.05, 4.69) is 4.98 Å². The zero-order valence-corrected chi connectivity index (χ0v) is 12.3. The van der Waals surface area contributed by atoms with Gasteiger partial charge in [-0.3, -0.25) is 14.5 Å². The summed E-state index contributed by atoms with van der Waals surface area (Å²) in [7, 11) is 0. The Morgan fingerprint density at radius 2 is 1.65 bits per heavy atom. The average Bonchev–Trinajstić information content (AvgIpc) is 3.12. The van der Waals surface area contributed by atoms with Gasteiger partial charge in [-0.15, -0.1) is 0 Å². The molecule has 2 heterocycles. The lowest BCUT2D eigenvalue weighted by Gasteiger charge is -2.14. The zero-order valence-electron chi connectivity index (χ0n) is 12.3. The number of amides is 2. The summed E-state index contributed by atoms with van der Waals surface area (Å²) in [5, 5.41) is 0.946. The third kappa shape index (κ3) is 2.25. The third-order valence-corrected chi connectivity index (χ3v) is 4.07. The van der Waals surface area contributed by atoms with Crippen molar-refractivity contribution in [2.75, 3.05) is 0 Å². The van der Waals surface area contributed by atoms with Gasteiger partial charge in [0.2, 0.25) is 0 Å². The molecule has 4 nitrogen and oxygen atoms in total. The van der Waals surface area contributed by atoms with Crippen molar-refractivity contribution in [3.63, 3.8) is 0 Å². The molecule has 1 aromatic heterocycles. The van der Waals surface area contributed by atoms with Crippen molar-refractivity contribution >= 4 is 28.3 Å². The molecule has 2 amide bonds. The van der Waals surface area contributed by atoms with Gasteiger partial charge in [0.15, 0.2) is 0 Å². The minimum absolute atomic E-state index is 0.247. The van der Waals surface area contributed by atoms with Crippen molar-refractivity contribution in [3.05, 3.63) is 78.0 Å². The van der Waals surface area contributed by atoms with Gasteiger partial charge in [-0.05, 0) is 11.6 Å². The van der Waals surface area contributed by atoms with Crippen LogP contribution in [0.3, 0.4) is 0 Å². The molecule has 0 aliphatic carbocycles. The van der Waals surface area contributed by atoms with E-state index in [1.54, 1.807) is 6.20 Å². The van der Waals surface area contributed by atoms with Gasteiger partial charge in [0.25, 0.3) is 11.8 Å². The fraction of sp³-hybridized carbons (Fsp3) is 0.0526. The second-order valence-corrected chi connectivity index (χ2v) is 5.52. The number of nitrogens with one attached hydrogen (secondary N) is 1. The Balaban J connectivity index is 1.68. The summed E-state index contributed by atoms with van der Waals surface area (Å²) in [5.41, 5.74) is 3.10. The van der Waals surface area contributed by atoms with Crippen LogP contribution in [0.2, 0.25) is 0 Å². The van der Waals surface area contributed by atoms with Crippen LogP contribution in [-0.2, 0) is 16.1 Å². The molecule has 0 unspecified atom stereocenters. The third-order valence-electron chi connectivity index (χ3n) is 4.07. The Kier molecular flexibility index (Phi) is 3.08. The number of aromatic nitrogens is 1. The Morgan fingerprint density at radius 3 is 2.48 bits per heavy atom. The van der Waals surface area contributed by atoms with Crippen LogP contribution in [-0.4, -0.2) is 21.7 Å². The number of aromatic amines is 1. The van der Waals surface area contributed by atoms with Gasteiger partial charge in [0, 0.05) is 28.7 Å². The second kappa shape index (κ2) is 5.25. The van der Waals surface area contributed by atoms with Gasteiger partial charge in [0.1, 0.15) is 0 Å². The van der Waals surface area contributed by atoms with Gasteiger partial charge in [-0.25, -0.2) is 0 Å². The maximum Gasteiger partial charge on any atom is 0.261 e. The fourth-order valence-electron chi connectivity index (χ4n) is 2.91. The summed E-state index contributed by atoms with van der Waals surface area (Å²) >= 11 is 0. The molecule has 0 fully saturated rings. The molecule has 4 heteroatoms. The number of hydrogen-bond acceptors (Lipinski definition) is 2. The SMILES string of the molecule is O=C1C=C(c2c[nH]c3ccccc23)C(=O)N1Cc1ccccc1. The number of imide groups is 1. The first-order valence-electron chi connectivity index (χ1n) is 7.42. The molecule has 1 aliphatic heterocycles. The molecule has 112 valence electrons. The van der Waals surface area contributed by atoms with Gasteiger partial charge in [0.05, 0.1) is 12.1 Å². The summed E-state index contributed by atoms with van der Waals surface area (Å²) in [6, 6.07) is 17.3. The lowest BCUT2D eigenvalue weighted by molar-refractivity contribution is -0.137. The van der Waals surface area contributed by atoms with E-state index in [1.165, 1.54) is 11.0 Å². The molecule has 1 aliphatic rings. The monoisotopic (exact) mass is 302 g/mol. The Hall–Kier alpha value is -3.14. The number of H-pyrrole nitrogens is 1. The molecule has 0 radical (unpaired) electrons. The first kappa shape index (κ1) is 13.5. The zero-order chi connectivity index (χ0) is 15.8. The Bertz CT molecular complexity index is 938. The van der Waals surface area contributed by atoms with Crippen LogP contribution in [0, 0.1) is 0 Å². The first-order valence-corrected chi connectivity index (χ1v) is 7.42. The number of hydrogen-bond donors (Lipinski definition) is 1. The van der Waals surface area contributed by atoms with Crippen LogP contribution < -0.4 is 0 Å². The van der Waals surface area contributed by atoms with E-state index in [0.29, 0.717) is 12.1 Å². The van der Waals surface area contributed by atoms with Crippen LogP contribution in [0.5, 0.6) is 0 Å². The Morgan fingerprint density at radius 1 is 0.913 bits per heavy atom. The fourth-order valence-corrected chi connectivity index (χ4v) is 2.91. The number of benzene rings is 2. The van der Waals surface area contributed by atoms with Crippen LogP contribution >= 0.6 is 0 Å². The first-order chi connectivity index (χ1) is 11.2. The predicted molar refractivity (Wildman–Crippen MR) is 88.3 cm³/mol. The molecule has 0 spiro atoms. The summed E-state index contributed by atoms with van der Waals surface area (Å²) in [6.45, 7) is 0.293. The van der Waals surface area contributed by atoms with E-state index in [0.717, 1.165) is 22.0 Å². The van der Waals surface area contributed by atoms with E-state index < -0.39 is 0 Å². The van der Waals surface area contributed by atoms with Gasteiger partial charge in [-0.2, -0.15) is 0 Å². The van der Waals surface area contributed by atoms with Gasteiger partial charge < -0.3 is 4.98 Å². The maximum atomic E-state index is 12.7. The van der Waals surface area contributed by atoms with E-state index in [1.807, 2.05) is 54.6 Å². The van der Waals surface area contributed by atoms with Gasteiger partial charge in [-0.1, -0.05) is 48.5 Å². The smallest absolute Gasteiger partial charge is 0.261 e. The van der Waals surface area contributed by atoms with E-state index in [-0.39, 0.29) is 11.8 Å². The number of fused-ring (bicyclic) bond motifs is 1. The van der Waals surface area contributed by atoms with Crippen LogP contribution in [0.15, 0.2) is 66.9 Å². The molecule has 2 aromatic carbocycles. The van der Waals surface area contributed by atoms with Crippen molar-refractivity contribution in [2.45, 2.75) is 6.54 Å². The normalized spacial score (nSPS) is 14.6. The lowest BCUT2D eigenvalue weighted by atomic mass is 10.1. The van der Waals surface area contributed by atoms with E-state index >= 15 is 0 Å². The highest BCUT2D eigenvalue weighted by Crippen LogP contribution is 2.30. The summed E-state index contributed by atoms with van der Waals surface area (Å²) in [5.74, 6) is -0.511. The number of rotatable bonds is 3. The van der Waals surface area contributed by atoms with E-state index in [9.17, 15) is 9.59 Å². The van der Waals surface area contributed by atoms with E-state index in [4.69, 9.17) is 0 Å². The number of para-hydroxylation sites is 1. The molecule has 4 rings (SSSR count). The van der Waals surface area contributed by atoms with Crippen LogP contribution in [0.25, 0.3) is 16.5 Å². The summed E-state index contributed by atoms with van der Waals surface area (Å²) in [6.07, 6.45) is 3.22. The summed E-state index contributed by atoms with van der Waals surface area (Å²) < 4.78 is 0. The highest BCUT2D eigenvalue weighted by molar-refractivity contribution is 6.34. The standard InChI is InChI=1S/C19H14N2O2/c22-18-10-15(16-11-20-17-9-5-4-8-14(16)17)19(23)21(18)12-13-6-2-1-3-7-13/h1-11,20H,12H2. The molecule has 23 heavy (non-hydrogen) atoms. The molecule has 0 bridgehead atoms. The number of nitrogens with zero attached hydrogens (tertiary/aromatic N) is 1. The average molecular weight is 302 g/mol. The van der Waals surface area contributed by atoms with Crippen molar-refractivity contribution in [2.24, 2.45) is 0 Å². The number of carbonyl (C=O) groups is 2. The van der Waals surface area contributed by atoms with Crippen molar-refractivity contribution in [1.29, 1.82) is 0 Å². The molecule has 0 saturated carbocycles. The molecular formula is C19H14N2O2. The highest BCUT2D eigenvalue weighted by Gasteiger charge is 2.32. The van der Waals surface area contributed by atoms with Crippen molar-refractivity contribution < 1.29 is 9.59 Å². The van der Waals surface area contributed by atoms with Crippen molar-refractivity contribution in [1.82, 2.24) is 9.88 Å². The lowest BCUT2D eigenvalue weighted by Crippen LogP contribution is -2.30. The van der Waals surface area contributed by atoms with Crippen molar-refractivity contribution in [3.8, 4) is 0 Å². The largest absolute Gasteiger partial charge is 0.361 e. The van der Waals surface area contributed by atoms with Crippen LogP contribution in [0.4, 0.5) is 0 Å². The second-order valence-electron chi connectivity index (χ2n) is 5.52. The summed E-state index contributed by atoms with van der Waals surface area (Å²) in [4.78, 5) is 29.4. The van der Waals surface area contributed by atoms with Gasteiger partial charge >= 0.3 is 0 Å². The maximum absolute atomic E-state index is 12.7. The molecule has 0 atom stereocenters. The minimum Gasteiger partial charge on any atom is -0.361 e. The molecular weight excluding hydrogens is 288 g/mol. The molecule has 1 N–H and O–H groups in total. The minimum atomic E-state index is -0.265. The predicted octanol–water partition coefficient (Wildman–Crippen LogP) is 3.12. The highest BCUT2D eigenvalue weighted by atomic mass is 16.2. The molecule has 0 saturated heterocycles. The quantitative estimate of drug-likeness (QED) is 0.756. The Labute approximate surface area is 133 Å².